The molecule has 0 aromatic heterocycles. The van der Waals surface area contributed by atoms with E-state index >= 15 is 0 Å². The van der Waals surface area contributed by atoms with Gasteiger partial charge in [-0.3, -0.25) is 9.59 Å². The number of carbonyl (C=O) groups is 2. The van der Waals surface area contributed by atoms with E-state index in [9.17, 15) is 9.59 Å². The van der Waals surface area contributed by atoms with E-state index in [1.165, 1.54) is 25.7 Å². The summed E-state index contributed by atoms with van der Waals surface area (Å²) in [5.74, 6) is -0.132. The molecular weight excluding hydrogens is 266 g/mol. The van der Waals surface area contributed by atoms with Crippen LogP contribution in [-0.4, -0.2) is 42.4 Å². The van der Waals surface area contributed by atoms with Crippen LogP contribution < -0.4 is 11.1 Å². The third-order valence-electron chi connectivity index (χ3n) is 5.28. The zero-order valence-electron chi connectivity index (χ0n) is 13.4. The minimum Gasteiger partial charge on any atom is -0.346 e. The van der Waals surface area contributed by atoms with E-state index in [4.69, 9.17) is 5.73 Å². The summed E-state index contributed by atoms with van der Waals surface area (Å²) < 4.78 is 0. The zero-order chi connectivity index (χ0) is 15.5. The van der Waals surface area contributed by atoms with Gasteiger partial charge >= 0.3 is 0 Å². The Labute approximate surface area is 127 Å². The van der Waals surface area contributed by atoms with E-state index in [1.54, 1.807) is 0 Å². The molecule has 5 heteroatoms. The molecule has 3 N–H and O–H groups in total. The van der Waals surface area contributed by atoms with Crippen LogP contribution in [0.4, 0.5) is 0 Å². The molecule has 5 nitrogen and oxygen atoms in total. The Hall–Kier alpha value is -1.10. The molecule has 2 rings (SSSR count). The maximum atomic E-state index is 12.2. The summed E-state index contributed by atoms with van der Waals surface area (Å²) in [6.07, 6.45) is 7.59. The Morgan fingerprint density at radius 1 is 1.14 bits per heavy atom. The Morgan fingerprint density at radius 3 is 2.24 bits per heavy atom. The van der Waals surface area contributed by atoms with Crippen LogP contribution in [0.1, 0.15) is 52.4 Å². The fourth-order valence-electron chi connectivity index (χ4n) is 3.55. The molecular formula is C16H29N3O2. The lowest BCUT2D eigenvalue weighted by Crippen LogP contribution is -2.50. The number of amides is 2. The average molecular weight is 295 g/mol. The van der Waals surface area contributed by atoms with Crippen molar-refractivity contribution < 1.29 is 9.59 Å². The van der Waals surface area contributed by atoms with Crippen LogP contribution in [-0.2, 0) is 9.59 Å². The molecule has 1 saturated heterocycles. The molecule has 2 fully saturated rings. The molecule has 1 aliphatic carbocycles. The normalized spacial score (nSPS) is 22.6. The van der Waals surface area contributed by atoms with Gasteiger partial charge in [-0.2, -0.15) is 0 Å². The third-order valence-corrected chi connectivity index (χ3v) is 5.28. The quantitative estimate of drug-likeness (QED) is 0.820. The Balaban J connectivity index is 1.73. The highest BCUT2D eigenvalue weighted by atomic mass is 16.2. The molecule has 2 amide bonds. The van der Waals surface area contributed by atoms with Crippen molar-refractivity contribution in [1.29, 1.82) is 0 Å². The number of nitrogens with two attached hydrogens (primary N) is 1. The van der Waals surface area contributed by atoms with Crippen molar-refractivity contribution in [3.05, 3.63) is 0 Å². The van der Waals surface area contributed by atoms with Gasteiger partial charge < -0.3 is 16.0 Å². The second-order valence-corrected chi connectivity index (χ2v) is 7.08. The van der Waals surface area contributed by atoms with Gasteiger partial charge in [0.1, 0.15) is 0 Å². The zero-order valence-corrected chi connectivity index (χ0v) is 13.4. The van der Waals surface area contributed by atoms with Gasteiger partial charge in [0.2, 0.25) is 11.8 Å². The number of hydrogen-bond donors (Lipinski definition) is 2. The van der Waals surface area contributed by atoms with Crippen molar-refractivity contribution in [2.75, 3.05) is 19.6 Å². The summed E-state index contributed by atoms with van der Waals surface area (Å²) in [7, 11) is 0. The van der Waals surface area contributed by atoms with Crippen LogP contribution in [0, 0.1) is 11.3 Å². The van der Waals surface area contributed by atoms with Crippen molar-refractivity contribution in [1.82, 2.24) is 10.2 Å². The standard InChI is InChI=1S/C16H29N3O2/c1-12(2)14(17)15(21)18-11-13(20)19-9-7-16(8-10-19)5-3-4-6-16/h12,14H,3-11,17H2,1-2H3,(H,18,21)/t14-/m0/s1. The highest BCUT2D eigenvalue weighted by Gasteiger charge is 2.37. The topological polar surface area (TPSA) is 75.4 Å². The van der Waals surface area contributed by atoms with Gasteiger partial charge in [-0.1, -0.05) is 26.7 Å². The number of piperidine rings is 1. The van der Waals surface area contributed by atoms with Gasteiger partial charge in [0.25, 0.3) is 0 Å². The summed E-state index contributed by atoms with van der Waals surface area (Å²) >= 11 is 0. The van der Waals surface area contributed by atoms with Gasteiger partial charge in [0.15, 0.2) is 0 Å². The third kappa shape index (κ3) is 3.96. The maximum Gasteiger partial charge on any atom is 0.241 e. The predicted octanol–water partition coefficient (Wildman–Crippen LogP) is 1.27. The molecule has 1 heterocycles. The molecule has 0 unspecified atom stereocenters. The number of nitrogens with zero attached hydrogens (tertiary/aromatic N) is 1. The fourth-order valence-corrected chi connectivity index (χ4v) is 3.55. The molecule has 1 atom stereocenters. The second kappa shape index (κ2) is 6.77. The summed E-state index contributed by atoms with van der Waals surface area (Å²) in [5.41, 5.74) is 6.28. The molecule has 1 saturated carbocycles. The van der Waals surface area contributed by atoms with Crippen molar-refractivity contribution >= 4 is 11.8 Å². The van der Waals surface area contributed by atoms with Crippen molar-refractivity contribution in [2.45, 2.75) is 58.4 Å². The first-order valence-electron chi connectivity index (χ1n) is 8.25. The molecule has 120 valence electrons. The van der Waals surface area contributed by atoms with Crippen LogP contribution in [0.25, 0.3) is 0 Å². The monoisotopic (exact) mass is 295 g/mol. The minimum atomic E-state index is -0.541. The van der Waals surface area contributed by atoms with E-state index in [1.807, 2.05) is 18.7 Å². The minimum absolute atomic E-state index is 0.0205. The van der Waals surface area contributed by atoms with Crippen LogP contribution in [0.3, 0.4) is 0 Å². The van der Waals surface area contributed by atoms with Crippen LogP contribution in [0.5, 0.6) is 0 Å². The molecule has 0 radical (unpaired) electrons. The number of carbonyl (C=O) groups excluding carboxylic acids is 2. The van der Waals surface area contributed by atoms with E-state index in [0.29, 0.717) is 5.41 Å². The molecule has 0 aromatic carbocycles. The van der Waals surface area contributed by atoms with Crippen LogP contribution in [0.15, 0.2) is 0 Å². The first-order chi connectivity index (χ1) is 9.93. The van der Waals surface area contributed by atoms with E-state index in [0.717, 1.165) is 25.9 Å². The van der Waals surface area contributed by atoms with Gasteiger partial charge in [-0.25, -0.2) is 0 Å². The van der Waals surface area contributed by atoms with Gasteiger partial charge in [0, 0.05) is 13.1 Å². The molecule has 1 aliphatic heterocycles. The van der Waals surface area contributed by atoms with Crippen molar-refractivity contribution in [3.63, 3.8) is 0 Å². The predicted molar refractivity (Wildman–Crippen MR) is 82.5 cm³/mol. The Morgan fingerprint density at radius 2 is 1.71 bits per heavy atom. The molecule has 0 bridgehead atoms. The fraction of sp³-hybridized carbons (Fsp3) is 0.875. The summed E-state index contributed by atoms with van der Waals surface area (Å²) in [6.45, 7) is 5.55. The first kappa shape index (κ1) is 16.3. The maximum absolute atomic E-state index is 12.2. The smallest absolute Gasteiger partial charge is 0.241 e. The average Bonchev–Trinajstić information content (AvgIpc) is 2.92. The number of hydrogen-bond acceptors (Lipinski definition) is 3. The lowest BCUT2D eigenvalue weighted by molar-refractivity contribution is -0.135. The number of nitrogens with one attached hydrogen (secondary N) is 1. The molecule has 21 heavy (non-hydrogen) atoms. The molecule has 1 spiro atoms. The highest BCUT2D eigenvalue weighted by molar-refractivity contribution is 5.87. The van der Waals surface area contributed by atoms with Crippen molar-refractivity contribution in [3.8, 4) is 0 Å². The van der Waals surface area contributed by atoms with Crippen LogP contribution >= 0.6 is 0 Å². The lowest BCUT2D eigenvalue weighted by atomic mass is 9.77. The molecule has 0 aromatic rings. The van der Waals surface area contributed by atoms with E-state index in [2.05, 4.69) is 5.32 Å². The summed E-state index contributed by atoms with van der Waals surface area (Å²) in [5, 5.41) is 2.67. The largest absolute Gasteiger partial charge is 0.346 e. The second-order valence-electron chi connectivity index (χ2n) is 7.08. The van der Waals surface area contributed by atoms with E-state index in [-0.39, 0.29) is 24.3 Å². The molecule has 2 aliphatic rings. The Bertz CT molecular complexity index is 379. The van der Waals surface area contributed by atoms with E-state index < -0.39 is 6.04 Å². The summed E-state index contributed by atoms with van der Waals surface area (Å²) in [6, 6.07) is -0.541. The first-order valence-corrected chi connectivity index (χ1v) is 8.25. The number of rotatable bonds is 4. The Kier molecular flexibility index (Phi) is 5.25. The van der Waals surface area contributed by atoms with Gasteiger partial charge in [0.05, 0.1) is 12.6 Å². The van der Waals surface area contributed by atoms with Crippen LogP contribution in [0.2, 0.25) is 0 Å². The number of likely N-dealkylation sites (tertiary alicyclic amines) is 1. The highest BCUT2D eigenvalue weighted by Crippen LogP contribution is 2.45. The van der Waals surface area contributed by atoms with Gasteiger partial charge in [-0.05, 0) is 37.0 Å². The lowest BCUT2D eigenvalue weighted by Gasteiger charge is -2.39. The van der Waals surface area contributed by atoms with Crippen molar-refractivity contribution in [2.24, 2.45) is 17.1 Å². The van der Waals surface area contributed by atoms with Gasteiger partial charge in [-0.15, -0.1) is 0 Å². The SMILES string of the molecule is CC(C)[C@H](N)C(=O)NCC(=O)N1CCC2(CCCC2)CC1. The summed E-state index contributed by atoms with van der Waals surface area (Å²) in [4.78, 5) is 25.8.